The maximum absolute atomic E-state index is 12.3. The Morgan fingerprint density at radius 3 is 2.00 bits per heavy atom. The van der Waals surface area contributed by atoms with Gasteiger partial charge in [-0.1, -0.05) is 60.7 Å². The Labute approximate surface area is 165 Å². The number of carbonyl (C=O) groups is 2. The third-order valence-corrected chi connectivity index (χ3v) is 4.53. The number of nitrogens with one attached hydrogen (secondary N) is 1. The fourth-order valence-corrected chi connectivity index (χ4v) is 3.06. The van der Waals surface area contributed by atoms with Gasteiger partial charge >= 0.3 is 0 Å². The van der Waals surface area contributed by atoms with Crippen molar-refractivity contribution in [1.82, 2.24) is 15.1 Å². The number of hydrogen-bond donors (Lipinski definition) is 1. The third kappa shape index (κ3) is 4.85. The van der Waals surface area contributed by atoms with Crippen LogP contribution >= 0.6 is 0 Å². The second-order valence-electron chi connectivity index (χ2n) is 6.62. The maximum Gasteiger partial charge on any atom is 0.225 e. The molecule has 0 aromatic heterocycles. The summed E-state index contributed by atoms with van der Waals surface area (Å²) < 4.78 is 0. The highest BCUT2D eigenvalue weighted by Gasteiger charge is 2.24. The Bertz CT molecular complexity index is 878. The van der Waals surface area contributed by atoms with Crippen LogP contribution in [-0.2, 0) is 22.7 Å². The average molecular weight is 376 g/mol. The Balaban J connectivity index is 1.83. The highest BCUT2D eigenvalue weighted by Crippen LogP contribution is 2.18. The first-order valence-electron chi connectivity index (χ1n) is 9.18. The Kier molecular flexibility index (Phi) is 6.22. The summed E-state index contributed by atoms with van der Waals surface area (Å²) in [5, 5.41) is 3.11. The van der Waals surface area contributed by atoms with Crippen molar-refractivity contribution in [3.05, 3.63) is 83.7 Å². The number of nitrogens with zero attached hydrogens (tertiary/aromatic N) is 3. The molecule has 0 aliphatic carbocycles. The lowest BCUT2D eigenvalue weighted by Gasteiger charge is -2.33. The van der Waals surface area contributed by atoms with E-state index in [0.717, 1.165) is 11.1 Å². The smallest absolute Gasteiger partial charge is 0.225 e. The van der Waals surface area contributed by atoms with Crippen molar-refractivity contribution < 1.29 is 9.59 Å². The molecule has 0 spiro atoms. The first kappa shape index (κ1) is 19.4. The lowest BCUT2D eigenvalue weighted by Crippen LogP contribution is -2.48. The molecule has 1 aliphatic rings. The molecule has 1 heterocycles. The van der Waals surface area contributed by atoms with Crippen molar-refractivity contribution in [2.75, 3.05) is 0 Å². The van der Waals surface area contributed by atoms with Crippen molar-refractivity contribution in [3.8, 4) is 0 Å². The summed E-state index contributed by atoms with van der Waals surface area (Å²) in [6, 6.07) is 19.6. The van der Waals surface area contributed by atoms with Gasteiger partial charge in [-0.2, -0.15) is 0 Å². The molecule has 0 saturated heterocycles. The Morgan fingerprint density at radius 1 is 0.893 bits per heavy atom. The van der Waals surface area contributed by atoms with Crippen LogP contribution < -0.4 is 5.32 Å². The summed E-state index contributed by atoms with van der Waals surface area (Å²) in [7, 11) is 0. The number of rotatable bonds is 6. The first-order chi connectivity index (χ1) is 13.5. The molecule has 0 saturated carbocycles. The molecular weight excluding hydrogens is 352 g/mol. The molecule has 6 nitrogen and oxygen atoms in total. The van der Waals surface area contributed by atoms with Crippen molar-refractivity contribution in [2.45, 2.75) is 33.1 Å². The van der Waals surface area contributed by atoms with Crippen molar-refractivity contribution in [3.63, 3.8) is 0 Å². The van der Waals surface area contributed by atoms with Crippen LogP contribution in [0.15, 0.2) is 77.6 Å². The fourth-order valence-electron chi connectivity index (χ4n) is 3.06. The Hall–Kier alpha value is -3.41. The van der Waals surface area contributed by atoms with Crippen LogP contribution in [0.3, 0.4) is 0 Å². The topological polar surface area (TPSA) is 65.0 Å². The molecule has 0 fully saturated rings. The number of aliphatic imine (C=N–C) groups is 1. The predicted molar refractivity (Wildman–Crippen MR) is 109 cm³/mol. The number of amides is 2. The molecule has 28 heavy (non-hydrogen) atoms. The van der Waals surface area contributed by atoms with E-state index in [-0.39, 0.29) is 18.0 Å². The van der Waals surface area contributed by atoms with Gasteiger partial charge < -0.3 is 10.2 Å². The number of hydrogen-bond acceptors (Lipinski definition) is 4. The van der Waals surface area contributed by atoms with Crippen molar-refractivity contribution in [2.24, 2.45) is 4.99 Å². The van der Waals surface area contributed by atoms with Gasteiger partial charge in [-0.25, -0.2) is 4.99 Å². The SMILES string of the molecule is CC(=O)N(Cc1ccccc1)C1=CC(N(Cc2ccccc2)C(C)=O)NC=N1. The van der Waals surface area contributed by atoms with Crippen LogP contribution in [0, 0.1) is 0 Å². The second kappa shape index (κ2) is 8.99. The van der Waals surface area contributed by atoms with E-state index in [2.05, 4.69) is 10.3 Å². The lowest BCUT2D eigenvalue weighted by molar-refractivity contribution is -0.131. The van der Waals surface area contributed by atoms with Gasteiger partial charge in [0.2, 0.25) is 11.8 Å². The maximum atomic E-state index is 12.3. The Morgan fingerprint density at radius 2 is 1.46 bits per heavy atom. The summed E-state index contributed by atoms with van der Waals surface area (Å²) in [5.74, 6) is 0.356. The summed E-state index contributed by atoms with van der Waals surface area (Å²) in [6.45, 7) is 3.94. The number of carbonyl (C=O) groups excluding carboxylic acids is 2. The summed E-state index contributed by atoms with van der Waals surface area (Å²) >= 11 is 0. The second-order valence-corrected chi connectivity index (χ2v) is 6.62. The predicted octanol–water partition coefficient (Wildman–Crippen LogP) is 2.88. The average Bonchev–Trinajstić information content (AvgIpc) is 2.71. The molecule has 2 amide bonds. The normalized spacial score (nSPS) is 15.4. The quantitative estimate of drug-likeness (QED) is 0.843. The minimum atomic E-state index is -0.386. The zero-order chi connectivity index (χ0) is 19.9. The van der Waals surface area contributed by atoms with Crippen LogP contribution in [0.25, 0.3) is 0 Å². The van der Waals surface area contributed by atoms with E-state index in [0.29, 0.717) is 18.9 Å². The van der Waals surface area contributed by atoms with E-state index < -0.39 is 0 Å². The van der Waals surface area contributed by atoms with Crippen molar-refractivity contribution in [1.29, 1.82) is 0 Å². The molecule has 2 aromatic rings. The molecule has 6 heteroatoms. The van der Waals surface area contributed by atoms with Gasteiger partial charge in [0.25, 0.3) is 0 Å². The minimum Gasteiger partial charge on any atom is -0.353 e. The zero-order valence-corrected chi connectivity index (χ0v) is 16.1. The summed E-state index contributed by atoms with van der Waals surface area (Å²) in [6.07, 6.45) is 2.97. The van der Waals surface area contributed by atoms with Crippen molar-refractivity contribution >= 4 is 18.2 Å². The highest BCUT2D eigenvalue weighted by atomic mass is 16.2. The van der Waals surface area contributed by atoms with Gasteiger partial charge in [-0.3, -0.25) is 14.5 Å². The third-order valence-electron chi connectivity index (χ3n) is 4.53. The fraction of sp³-hybridized carbons (Fsp3) is 0.227. The molecular formula is C22H24N4O2. The molecule has 1 aliphatic heterocycles. The molecule has 1 unspecified atom stereocenters. The van der Waals surface area contributed by atoms with Gasteiger partial charge in [-0.05, 0) is 11.1 Å². The van der Waals surface area contributed by atoms with Crippen LogP contribution in [-0.4, -0.2) is 34.1 Å². The van der Waals surface area contributed by atoms with Gasteiger partial charge in [0.15, 0.2) is 0 Å². The van der Waals surface area contributed by atoms with Gasteiger partial charge in [-0.15, -0.1) is 0 Å². The monoisotopic (exact) mass is 376 g/mol. The standard InChI is InChI=1S/C22H24N4O2/c1-17(27)25(14-19-9-5-3-6-10-19)21-13-22(24-16-23-21)26(18(2)28)15-20-11-7-4-8-12-20/h3-13,16,21H,14-15H2,1-2H3,(H,23,24). The largest absolute Gasteiger partial charge is 0.353 e. The van der Waals surface area contributed by atoms with Crippen LogP contribution in [0.5, 0.6) is 0 Å². The molecule has 0 bridgehead atoms. The van der Waals surface area contributed by atoms with E-state index in [4.69, 9.17) is 0 Å². The number of benzene rings is 2. The zero-order valence-electron chi connectivity index (χ0n) is 16.1. The minimum absolute atomic E-state index is 0.0651. The molecule has 1 N–H and O–H groups in total. The van der Waals surface area contributed by atoms with Crippen LogP contribution in [0.1, 0.15) is 25.0 Å². The molecule has 2 aromatic carbocycles. The first-order valence-corrected chi connectivity index (χ1v) is 9.18. The van der Waals surface area contributed by atoms with E-state index in [1.807, 2.05) is 66.7 Å². The van der Waals surface area contributed by atoms with E-state index in [9.17, 15) is 9.59 Å². The summed E-state index contributed by atoms with van der Waals surface area (Å²) in [5.41, 5.74) is 2.04. The van der Waals surface area contributed by atoms with Gasteiger partial charge in [0.05, 0.1) is 12.9 Å². The lowest BCUT2D eigenvalue weighted by atomic mass is 10.2. The highest BCUT2D eigenvalue weighted by molar-refractivity contribution is 5.77. The van der Waals surface area contributed by atoms with Crippen LogP contribution in [0.4, 0.5) is 0 Å². The summed E-state index contributed by atoms with van der Waals surface area (Å²) in [4.78, 5) is 32.2. The van der Waals surface area contributed by atoms with E-state index >= 15 is 0 Å². The van der Waals surface area contributed by atoms with Crippen LogP contribution in [0.2, 0.25) is 0 Å². The van der Waals surface area contributed by atoms with Gasteiger partial charge in [0.1, 0.15) is 12.0 Å². The van der Waals surface area contributed by atoms with E-state index in [1.54, 1.807) is 16.1 Å². The molecule has 0 radical (unpaired) electrons. The molecule has 3 rings (SSSR count). The molecule has 1 atom stereocenters. The molecule has 144 valence electrons. The van der Waals surface area contributed by atoms with E-state index in [1.165, 1.54) is 13.8 Å². The van der Waals surface area contributed by atoms with Gasteiger partial charge in [0, 0.05) is 26.5 Å².